The maximum atomic E-state index is 13.2. The lowest BCUT2D eigenvalue weighted by Crippen LogP contribution is -2.27. The van der Waals surface area contributed by atoms with Gasteiger partial charge in [-0.1, -0.05) is 43.1 Å². The zero-order valence-electron chi connectivity index (χ0n) is 14.2. The van der Waals surface area contributed by atoms with Gasteiger partial charge in [0.15, 0.2) is 0 Å². The van der Waals surface area contributed by atoms with E-state index in [0.29, 0.717) is 28.6 Å². The molecule has 0 spiro atoms. The third-order valence-corrected chi connectivity index (χ3v) is 5.60. The Hall–Kier alpha value is -1.40. The molecule has 2 heterocycles. The van der Waals surface area contributed by atoms with Gasteiger partial charge in [0, 0.05) is 24.0 Å². The van der Waals surface area contributed by atoms with Crippen LogP contribution in [-0.2, 0) is 11.3 Å². The fourth-order valence-corrected chi connectivity index (χ4v) is 4.00. The summed E-state index contributed by atoms with van der Waals surface area (Å²) in [6.07, 6.45) is 0. The van der Waals surface area contributed by atoms with Crippen molar-refractivity contribution in [3.05, 3.63) is 49.8 Å². The van der Waals surface area contributed by atoms with Crippen molar-refractivity contribution in [1.82, 2.24) is 9.55 Å². The van der Waals surface area contributed by atoms with Crippen molar-refractivity contribution in [2.45, 2.75) is 26.3 Å². The Morgan fingerprint density at radius 2 is 2.04 bits per heavy atom. The summed E-state index contributed by atoms with van der Waals surface area (Å²) in [6.45, 7) is 5.00. The molecule has 132 valence electrons. The number of rotatable bonds is 5. The van der Waals surface area contributed by atoms with Crippen LogP contribution in [0.2, 0.25) is 10.0 Å². The van der Waals surface area contributed by atoms with E-state index in [1.165, 1.54) is 11.3 Å². The first-order chi connectivity index (χ1) is 11.9. The van der Waals surface area contributed by atoms with Crippen LogP contribution in [-0.4, -0.2) is 23.3 Å². The minimum absolute atomic E-state index is 0.0481. The summed E-state index contributed by atoms with van der Waals surface area (Å²) in [5.41, 5.74) is 1.64. The summed E-state index contributed by atoms with van der Waals surface area (Å²) in [4.78, 5) is 18.7. The van der Waals surface area contributed by atoms with Gasteiger partial charge in [0.2, 0.25) is 0 Å². The summed E-state index contributed by atoms with van der Waals surface area (Å²) >= 11 is 13.6. The molecule has 3 rings (SSSR count). The number of halogens is 2. The van der Waals surface area contributed by atoms with E-state index in [-0.39, 0.29) is 11.5 Å². The lowest BCUT2D eigenvalue weighted by Gasteiger charge is -2.15. The summed E-state index contributed by atoms with van der Waals surface area (Å²) < 4.78 is 6.87. The number of hydrogen-bond donors (Lipinski definition) is 0. The van der Waals surface area contributed by atoms with Crippen LogP contribution in [0.4, 0.5) is 0 Å². The van der Waals surface area contributed by atoms with Crippen molar-refractivity contribution in [2.24, 2.45) is 0 Å². The third-order valence-electron chi connectivity index (χ3n) is 3.99. The zero-order chi connectivity index (χ0) is 18.1. The highest BCUT2D eigenvalue weighted by Gasteiger charge is 2.18. The van der Waals surface area contributed by atoms with E-state index in [2.05, 4.69) is 0 Å². The second-order valence-corrected chi connectivity index (χ2v) is 7.71. The monoisotopic (exact) mass is 396 g/mol. The molecule has 0 N–H and O–H groups in total. The number of ether oxygens (including phenoxy) is 1. The highest BCUT2D eigenvalue weighted by molar-refractivity contribution is 7.17. The van der Waals surface area contributed by atoms with Gasteiger partial charge in [-0.15, -0.1) is 11.3 Å². The Bertz CT molecular complexity index is 979. The van der Waals surface area contributed by atoms with Crippen LogP contribution in [0.5, 0.6) is 0 Å². The maximum absolute atomic E-state index is 13.2. The molecule has 7 heteroatoms. The first-order valence-electron chi connectivity index (χ1n) is 7.90. The summed E-state index contributed by atoms with van der Waals surface area (Å²) in [7, 11) is 1.62. The predicted molar refractivity (Wildman–Crippen MR) is 105 cm³/mol. The third kappa shape index (κ3) is 3.47. The van der Waals surface area contributed by atoms with Gasteiger partial charge >= 0.3 is 0 Å². The molecule has 4 nitrogen and oxygen atoms in total. The van der Waals surface area contributed by atoms with Crippen molar-refractivity contribution < 1.29 is 4.74 Å². The van der Waals surface area contributed by atoms with Crippen LogP contribution >= 0.6 is 34.5 Å². The van der Waals surface area contributed by atoms with Gasteiger partial charge in [-0.2, -0.15) is 0 Å². The van der Waals surface area contributed by atoms with Crippen LogP contribution in [0.15, 0.2) is 28.4 Å². The van der Waals surface area contributed by atoms with Crippen molar-refractivity contribution in [3.8, 4) is 11.1 Å². The number of thiophene rings is 1. The first-order valence-corrected chi connectivity index (χ1v) is 9.54. The Morgan fingerprint density at radius 1 is 1.28 bits per heavy atom. The van der Waals surface area contributed by atoms with E-state index in [1.807, 2.05) is 25.3 Å². The SMILES string of the molecule is COCCn1c(C(C)C)nc2scc(-c3ccc(Cl)c(Cl)c3)c2c1=O. The largest absolute Gasteiger partial charge is 0.383 e. The molecule has 25 heavy (non-hydrogen) atoms. The molecule has 0 atom stereocenters. The standard InChI is InChI=1S/C18H18Cl2N2O2S/c1-10(2)16-21-17-15(18(23)22(16)6-7-24-3)12(9-25-17)11-4-5-13(19)14(20)8-11/h4-5,8-10H,6-7H2,1-3H3. The maximum Gasteiger partial charge on any atom is 0.262 e. The fraction of sp³-hybridized carbons (Fsp3) is 0.333. The van der Waals surface area contributed by atoms with Gasteiger partial charge in [0.1, 0.15) is 10.7 Å². The van der Waals surface area contributed by atoms with Gasteiger partial charge in [0.25, 0.3) is 5.56 Å². The second-order valence-electron chi connectivity index (χ2n) is 6.03. The van der Waals surface area contributed by atoms with E-state index in [4.69, 9.17) is 32.9 Å². The van der Waals surface area contributed by atoms with Crippen molar-refractivity contribution >= 4 is 44.8 Å². The molecular formula is C18H18Cl2N2O2S. The highest BCUT2D eigenvalue weighted by atomic mass is 35.5. The normalized spacial score (nSPS) is 11.6. The van der Waals surface area contributed by atoms with E-state index in [9.17, 15) is 4.79 Å². The number of methoxy groups -OCH3 is 1. The van der Waals surface area contributed by atoms with Crippen molar-refractivity contribution in [1.29, 1.82) is 0 Å². The number of benzene rings is 1. The lowest BCUT2D eigenvalue weighted by atomic mass is 10.1. The van der Waals surface area contributed by atoms with Gasteiger partial charge < -0.3 is 4.74 Å². The van der Waals surface area contributed by atoms with Crippen LogP contribution < -0.4 is 5.56 Å². The molecule has 0 bridgehead atoms. The van der Waals surface area contributed by atoms with Crippen LogP contribution in [0.25, 0.3) is 21.3 Å². The molecule has 3 aromatic rings. The Balaban J connectivity index is 2.26. The average Bonchev–Trinajstić information content (AvgIpc) is 3.00. The van der Waals surface area contributed by atoms with Crippen LogP contribution in [0.1, 0.15) is 25.6 Å². The van der Waals surface area contributed by atoms with Gasteiger partial charge in [-0.3, -0.25) is 9.36 Å². The molecule has 0 aliphatic heterocycles. The fourth-order valence-electron chi connectivity index (χ4n) is 2.76. The minimum atomic E-state index is -0.0481. The summed E-state index contributed by atoms with van der Waals surface area (Å²) in [5.74, 6) is 0.918. The molecule has 0 amide bonds. The van der Waals surface area contributed by atoms with E-state index >= 15 is 0 Å². The number of aromatic nitrogens is 2. The van der Waals surface area contributed by atoms with E-state index < -0.39 is 0 Å². The lowest BCUT2D eigenvalue weighted by molar-refractivity contribution is 0.184. The topological polar surface area (TPSA) is 44.1 Å². The first kappa shape index (κ1) is 18.4. The second kappa shape index (κ2) is 7.46. The summed E-state index contributed by atoms with van der Waals surface area (Å²) in [6, 6.07) is 5.38. The van der Waals surface area contributed by atoms with Gasteiger partial charge in [0.05, 0.1) is 28.6 Å². The molecule has 2 aromatic heterocycles. The smallest absolute Gasteiger partial charge is 0.262 e. The Kier molecular flexibility index (Phi) is 5.49. The minimum Gasteiger partial charge on any atom is -0.383 e. The Labute approximate surface area is 160 Å². The van der Waals surface area contributed by atoms with Gasteiger partial charge in [-0.05, 0) is 17.7 Å². The van der Waals surface area contributed by atoms with Crippen LogP contribution in [0.3, 0.4) is 0 Å². The van der Waals surface area contributed by atoms with E-state index in [1.54, 1.807) is 23.8 Å². The number of fused-ring (bicyclic) bond motifs is 1. The zero-order valence-corrected chi connectivity index (χ0v) is 16.5. The van der Waals surface area contributed by atoms with E-state index in [0.717, 1.165) is 21.8 Å². The Morgan fingerprint density at radius 3 is 2.68 bits per heavy atom. The molecule has 0 saturated carbocycles. The molecule has 1 aromatic carbocycles. The number of hydrogen-bond acceptors (Lipinski definition) is 4. The molecular weight excluding hydrogens is 379 g/mol. The summed E-state index contributed by atoms with van der Waals surface area (Å²) in [5, 5.41) is 3.51. The molecule has 0 fully saturated rings. The van der Waals surface area contributed by atoms with Crippen molar-refractivity contribution in [2.75, 3.05) is 13.7 Å². The predicted octanol–water partition coefficient (Wildman–Crippen LogP) is 5.20. The number of nitrogens with zero attached hydrogens (tertiary/aromatic N) is 2. The molecule has 0 aliphatic carbocycles. The molecule has 0 aliphatic rings. The molecule has 0 radical (unpaired) electrons. The highest BCUT2D eigenvalue weighted by Crippen LogP contribution is 2.34. The average molecular weight is 397 g/mol. The van der Waals surface area contributed by atoms with Crippen molar-refractivity contribution in [3.63, 3.8) is 0 Å². The molecule has 0 unspecified atom stereocenters. The van der Waals surface area contributed by atoms with Crippen LogP contribution in [0, 0.1) is 0 Å². The molecule has 0 saturated heterocycles. The van der Waals surface area contributed by atoms with Gasteiger partial charge in [-0.25, -0.2) is 4.98 Å². The quantitative estimate of drug-likeness (QED) is 0.594.